The number of ether oxygens (including phenoxy) is 1. The number of nitriles is 1. The topological polar surface area (TPSA) is 125 Å². The molecule has 8 nitrogen and oxygen atoms in total. The highest BCUT2D eigenvalue weighted by atomic mass is 32.2. The molecule has 1 aromatic heterocycles. The number of aromatic amines is 1. The molecule has 0 bridgehead atoms. The van der Waals surface area contributed by atoms with Crippen LogP contribution in [-0.4, -0.2) is 34.2 Å². The minimum absolute atomic E-state index is 0.00649. The van der Waals surface area contributed by atoms with E-state index in [2.05, 4.69) is 15.3 Å². The lowest BCUT2D eigenvalue weighted by Crippen LogP contribution is -2.18. The second-order valence-corrected chi connectivity index (χ2v) is 6.26. The van der Waals surface area contributed by atoms with Gasteiger partial charge in [0.25, 0.3) is 5.56 Å². The zero-order valence-corrected chi connectivity index (χ0v) is 15.7. The van der Waals surface area contributed by atoms with Gasteiger partial charge < -0.3 is 15.0 Å². The van der Waals surface area contributed by atoms with Gasteiger partial charge in [0.15, 0.2) is 5.16 Å². The summed E-state index contributed by atoms with van der Waals surface area (Å²) in [4.78, 5) is 42.2. The van der Waals surface area contributed by atoms with E-state index < -0.39 is 11.5 Å². The highest BCUT2D eigenvalue weighted by Gasteiger charge is 2.12. The number of carbonyl (C=O) groups is 2. The van der Waals surface area contributed by atoms with E-state index in [1.165, 1.54) is 0 Å². The van der Waals surface area contributed by atoms with E-state index in [4.69, 9.17) is 10.00 Å². The fourth-order valence-electron chi connectivity index (χ4n) is 2.17. The summed E-state index contributed by atoms with van der Waals surface area (Å²) < 4.78 is 4.90. The number of esters is 1. The first-order valence-electron chi connectivity index (χ1n) is 8.21. The van der Waals surface area contributed by atoms with Crippen LogP contribution in [0.4, 0.5) is 5.69 Å². The number of anilines is 1. The molecule has 0 spiro atoms. The Morgan fingerprint density at radius 3 is 2.59 bits per heavy atom. The Hall–Kier alpha value is -3.12. The summed E-state index contributed by atoms with van der Waals surface area (Å²) in [6.45, 7) is 3.81. The Morgan fingerprint density at radius 1 is 1.30 bits per heavy atom. The molecule has 27 heavy (non-hydrogen) atoms. The van der Waals surface area contributed by atoms with Crippen LogP contribution < -0.4 is 10.9 Å². The van der Waals surface area contributed by atoms with Gasteiger partial charge in [-0.25, -0.2) is 9.78 Å². The van der Waals surface area contributed by atoms with Gasteiger partial charge in [-0.05, 0) is 37.6 Å². The molecule has 140 valence electrons. The molecule has 2 N–H and O–H groups in total. The Labute approximate surface area is 160 Å². The van der Waals surface area contributed by atoms with Crippen LogP contribution in [0.5, 0.6) is 0 Å². The lowest BCUT2D eigenvalue weighted by atomic mass is 10.2. The fraction of sp³-hybridized carbons (Fsp3) is 0.278. The summed E-state index contributed by atoms with van der Waals surface area (Å²) in [6.07, 6.45) is 0.444. The molecule has 0 saturated carbocycles. The van der Waals surface area contributed by atoms with Gasteiger partial charge in [-0.1, -0.05) is 18.7 Å². The lowest BCUT2D eigenvalue weighted by Gasteiger charge is -2.07. The maximum atomic E-state index is 12.1. The van der Waals surface area contributed by atoms with Crippen LogP contribution in [0.25, 0.3) is 0 Å². The molecule has 1 amide bonds. The first-order chi connectivity index (χ1) is 13.0. The lowest BCUT2D eigenvalue weighted by molar-refractivity contribution is -0.113. The molecule has 0 atom stereocenters. The second kappa shape index (κ2) is 9.54. The monoisotopic (exact) mass is 386 g/mol. The third-order valence-electron chi connectivity index (χ3n) is 3.44. The number of thioether (sulfide) groups is 1. The largest absolute Gasteiger partial charge is 0.462 e. The van der Waals surface area contributed by atoms with E-state index in [1.807, 2.05) is 6.07 Å². The van der Waals surface area contributed by atoms with Crippen molar-refractivity contribution in [1.29, 1.82) is 5.26 Å². The van der Waals surface area contributed by atoms with Crippen molar-refractivity contribution in [3.05, 3.63) is 51.4 Å². The molecule has 0 saturated heterocycles. The van der Waals surface area contributed by atoms with E-state index >= 15 is 0 Å². The number of nitrogens with zero attached hydrogens (tertiary/aromatic N) is 2. The number of hydrogen-bond donors (Lipinski definition) is 2. The third kappa shape index (κ3) is 5.43. The van der Waals surface area contributed by atoms with Crippen molar-refractivity contribution in [1.82, 2.24) is 9.97 Å². The van der Waals surface area contributed by atoms with Crippen LogP contribution in [0.3, 0.4) is 0 Å². The number of carbonyl (C=O) groups excluding carboxylic acids is 2. The van der Waals surface area contributed by atoms with Crippen LogP contribution in [0.1, 0.15) is 35.5 Å². The van der Waals surface area contributed by atoms with Crippen molar-refractivity contribution in [3.63, 3.8) is 0 Å². The van der Waals surface area contributed by atoms with Crippen molar-refractivity contribution in [3.8, 4) is 6.07 Å². The van der Waals surface area contributed by atoms with Gasteiger partial charge in [0.1, 0.15) is 11.6 Å². The molecular formula is C18H18N4O4S. The SMILES string of the molecule is CCOC(=O)c1ccc(NC(=O)CSc2nc(CC)c(C#N)c(=O)[nH]2)cc1. The maximum Gasteiger partial charge on any atom is 0.338 e. The normalized spacial score (nSPS) is 10.1. The molecular weight excluding hydrogens is 368 g/mol. The van der Waals surface area contributed by atoms with Crippen LogP contribution in [0, 0.1) is 11.3 Å². The fourth-order valence-corrected chi connectivity index (χ4v) is 2.85. The van der Waals surface area contributed by atoms with Gasteiger partial charge in [-0.15, -0.1) is 0 Å². The van der Waals surface area contributed by atoms with Gasteiger partial charge in [0.05, 0.1) is 23.6 Å². The molecule has 0 fully saturated rings. The standard InChI is InChI=1S/C18H18N4O4S/c1-3-14-13(9-19)16(24)22-18(21-14)27-10-15(23)20-12-7-5-11(6-8-12)17(25)26-4-2/h5-8H,3-4,10H2,1-2H3,(H,20,23)(H,21,22,24). The third-order valence-corrected chi connectivity index (χ3v) is 4.31. The van der Waals surface area contributed by atoms with Crippen molar-refractivity contribution < 1.29 is 14.3 Å². The van der Waals surface area contributed by atoms with Crippen molar-refractivity contribution in [2.75, 3.05) is 17.7 Å². The van der Waals surface area contributed by atoms with Gasteiger partial charge >= 0.3 is 5.97 Å². The first kappa shape index (κ1) is 20.2. The number of hydrogen-bond acceptors (Lipinski definition) is 7. The van der Waals surface area contributed by atoms with Crippen molar-refractivity contribution in [2.45, 2.75) is 25.4 Å². The van der Waals surface area contributed by atoms with E-state index in [-0.39, 0.29) is 22.4 Å². The summed E-state index contributed by atoms with van der Waals surface area (Å²) in [5, 5.41) is 12.0. The summed E-state index contributed by atoms with van der Waals surface area (Å²) in [5.41, 5.74) is 0.813. The van der Waals surface area contributed by atoms with E-state index in [0.717, 1.165) is 11.8 Å². The van der Waals surface area contributed by atoms with Crippen LogP contribution in [0.2, 0.25) is 0 Å². The Kier molecular flexibility index (Phi) is 7.14. The van der Waals surface area contributed by atoms with Gasteiger partial charge in [0, 0.05) is 5.69 Å². The number of aryl methyl sites for hydroxylation is 1. The Morgan fingerprint density at radius 2 is 2.00 bits per heavy atom. The number of amides is 1. The van der Waals surface area contributed by atoms with Crippen LogP contribution in [-0.2, 0) is 16.0 Å². The van der Waals surface area contributed by atoms with Crippen molar-refractivity contribution in [2.24, 2.45) is 0 Å². The smallest absolute Gasteiger partial charge is 0.338 e. The Balaban J connectivity index is 1.97. The predicted octanol–water partition coefficient (Wildman–Crippen LogP) is 2.11. The zero-order chi connectivity index (χ0) is 19.8. The first-order valence-corrected chi connectivity index (χ1v) is 9.20. The predicted molar refractivity (Wildman–Crippen MR) is 101 cm³/mol. The summed E-state index contributed by atoms with van der Waals surface area (Å²) >= 11 is 1.06. The molecule has 0 unspecified atom stereocenters. The number of H-pyrrole nitrogens is 1. The molecule has 2 rings (SSSR count). The highest BCUT2D eigenvalue weighted by molar-refractivity contribution is 7.99. The quantitative estimate of drug-likeness (QED) is 0.424. The Bertz CT molecular complexity index is 932. The summed E-state index contributed by atoms with van der Waals surface area (Å²) in [6, 6.07) is 8.17. The van der Waals surface area contributed by atoms with Gasteiger partial charge in [0.2, 0.25) is 5.91 Å². The molecule has 0 radical (unpaired) electrons. The molecule has 9 heteroatoms. The number of benzene rings is 1. The van der Waals surface area contributed by atoms with E-state index in [9.17, 15) is 14.4 Å². The zero-order valence-electron chi connectivity index (χ0n) is 14.9. The highest BCUT2D eigenvalue weighted by Crippen LogP contribution is 2.15. The van der Waals surface area contributed by atoms with E-state index in [1.54, 1.807) is 38.1 Å². The van der Waals surface area contributed by atoms with Crippen LogP contribution >= 0.6 is 11.8 Å². The minimum atomic E-state index is -0.512. The van der Waals surface area contributed by atoms with E-state index in [0.29, 0.717) is 30.0 Å². The molecule has 1 heterocycles. The molecule has 1 aromatic carbocycles. The maximum absolute atomic E-state index is 12.1. The number of rotatable bonds is 7. The summed E-state index contributed by atoms with van der Waals surface area (Å²) in [5.74, 6) is -0.695. The molecule has 0 aliphatic carbocycles. The van der Waals surface area contributed by atoms with Gasteiger partial charge in [-0.3, -0.25) is 9.59 Å². The average Bonchev–Trinajstić information content (AvgIpc) is 2.66. The molecule has 0 aliphatic heterocycles. The molecule has 2 aromatic rings. The minimum Gasteiger partial charge on any atom is -0.462 e. The van der Waals surface area contributed by atoms with Crippen LogP contribution in [0.15, 0.2) is 34.2 Å². The second-order valence-electron chi connectivity index (χ2n) is 5.29. The number of aromatic nitrogens is 2. The average molecular weight is 386 g/mol. The molecule has 0 aliphatic rings. The van der Waals surface area contributed by atoms with Crippen molar-refractivity contribution >= 4 is 29.3 Å². The van der Waals surface area contributed by atoms with Gasteiger partial charge in [-0.2, -0.15) is 5.26 Å². The summed E-state index contributed by atoms with van der Waals surface area (Å²) in [7, 11) is 0. The number of nitrogens with one attached hydrogen (secondary N) is 2.